The number of aliphatic hydroxyl groups is 1. The summed E-state index contributed by atoms with van der Waals surface area (Å²) in [5.41, 5.74) is 4.50. The summed E-state index contributed by atoms with van der Waals surface area (Å²) >= 11 is 0. The average Bonchev–Trinajstić information content (AvgIpc) is 2.98. The van der Waals surface area contributed by atoms with E-state index >= 15 is 0 Å². The summed E-state index contributed by atoms with van der Waals surface area (Å²) in [4.78, 5) is 7.50. The van der Waals surface area contributed by atoms with Crippen LogP contribution in [0.4, 0.5) is 0 Å². The molecular weight excluding hydrogens is 326 g/mol. The molecule has 2 rings (SSSR count). The molecule has 0 aromatic carbocycles. The molecule has 105 valence electrons. The van der Waals surface area contributed by atoms with Crippen LogP contribution in [0.3, 0.4) is 0 Å². The van der Waals surface area contributed by atoms with Crippen LogP contribution in [0, 0.1) is 62.1 Å². The Hall–Kier alpha value is -0.0117. The first-order chi connectivity index (χ1) is 8.89. The fourth-order valence-electron chi connectivity index (χ4n) is 1.46. The molecule has 0 amide bonds. The van der Waals surface area contributed by atoms with E-state index in [1.54, 1.807) is 0 Å². The van der Waals surface area contributed by atoms with Gasteiger partial charge in [-0.05, 0) is 57.8 Å². The monoisotopic (exact) mass is 348 g/mol. The molecule has 2 N–H and O–H groups in total. The molecule has 0 aliphatic heterocycles. The second-order valence-electron chi connectivity index (χ2n) is 3.60. The van der Waals surface area contributed by atoms with Crippen molar-refractivity contribution in [3.63, 3.8) is 0 Å². The fourth-order valence-corrected chi connectivity index (χ4v) is 1.46. The normalized spacial score (nSPS) is 18.5. The summed E-state index contributed by atoms with van der Waals surface area (Å²) in [6.07, 6.45) is 19.7. The van der Waals surface area contributed by atoms with Gasteiger partial charge < -0.3 is 5.11 Å². The van der Waals surface area contributed by atoms with Crippen LogP contribution in [-0.2, 0) is 25.7 Å². The predicted octanol–water partition coefficient (Wildman–Crippen LogP) is 3.03. The van der Waals surface area contributed by atoms with E-state index in [2.05, 4.69) is 18.7 Å². The van der Waals surface area contributed by atoms with Crippen molar-refractivity contribution in [1.29, 1.82) is 5.59 Å². The summed E-state index contributed by atoms with van der Waals surface area (Å²) in [6, 6.07) is 0. The topological polar surface area (TPSA) is 81.1 Å². The number of nitroso groups, excluding NO2 is 1. The molecule has 2 saturated carbocycles. The molecule has 2 aliphatic rings. The number of rotatable bonds is 0. The van der Waals surface area contributed by atoms with Crippen molar-refractivity contribution < 1.29 is 30.8 Å². The standard InChI is InChI=1S/C8H14O.C5H5.CO.Mo.HNO/c9-8-6-4-2-1-3-5-7-8;1-2-4-5-3-1;1-2;;1-2/h4,6,8-9H,1-3,5,7H2;1-5H;;;1H. The van der Waals surface area contributed by atoms with Gasteiger partial charge in [-0.2, -0.15) is 4.91 Å². The van der Waals surface area contributed by atoms with E-state index in [-0.39, 0.29) is 27.2 Å². The Morgan fingerprint density at radius 2 is 1.47 bits per heavy atom. The van der Waals surface area contributed by atoms with Crippen LogP contribution < -0.4 is 0 Å². The molecule has 0 aromatic heterocycles. The van der Waals surface area contributed by atoms with Gasteiger partial charge in [0.05, 0.1) is 6.10 Å². The zero-order chi connectivity index (χ0) is 14.1. The van der Waals surface area contributed by atoms with E-state index in [0.717, 1.165) is 12.8 Å². The summed E-state index contributed by atoms with van der Waals surface area (Å²) < 4.78 is 7.50. The Morgan fingerprint density at radius 1 is 1.00 bits per heavy atom. The molecule has 0 saturated heterocycles. The van der Waals surface area contributed by atoms with E-state index in [0.29, 0.717) is 0 Å². The van der Waals surface area contributed by atoms with Crippen molar-refractivity contribution in [3.05, 3.63) is 56.5 Å². The van der Waals surface area contributed by atoms with Gasteiger partial charge in [0.25, 0.3) is 0 Å². The summed E-state index contributed by atoms with van der Waals surface area (Å²) in [5, 5.41) is 9.13. The molecule has 5 heteroatoms. The Morgan fingerprint density at radius 3 is 1.95 bits per heavy atom. The largest absolute Gasteiger partial charge is 0.0312 e. The van der Waals surface area contributed by atoms with Crippen LogP contribution in [0.5, 0.6) is 0 Å². The Balaban J connectivity index is -0.000000220. The van der Waals surface area contributed by atoms with Gasteiger partial charge in [0.1, 0.15) is 0 Å². The third-order valence-electron chi connectivity index (χ3n) is 2.28. The third kappa shape index (κ3) is 20.5. The summed E-state index contributed by atoms with van der Waals surface area (Å²) in [5.74, 6) is 0. The SMILES string of the molecule is N=O.OC1[CH][CH]CCCCC1.[C-]#[O+].[CH]1[CH][CH][CH][CH]1.[Mo]. The first-order valence-electron chi connectivity index (χ1n) is 5.82. The van der Waals surface area contributed by atoms with Crippen LogP contribution in [0.25, 0.3) is 0 Å². The number of hydrogen-bond acceptors (Lipinski definition) is 3. The molecule has 1 atom stereocenters. The summed E-state index contributed by atoms with van der Waals surface area (Å²) in [6.45, 7) is 4.50. The van der Waals surface area contributed by atoms with Gasteiger partial charge >= 0.3 is 11.3 Å². The van der Waals surface area contributed by atoms with Gasteiger partial charge in [0.2, 0.25) is 0 Å². The van der Waals surface area contributed by atoms with E-state index in [1.165, 1.54) is 19.3 Å². The molecule has 0 bridgehead atoms. The number of aliphatic hydroxyl groups excluding tert-OH is 1. The predicted molar refractivity (Wildman–Crippen MR) is 69.2 cm³/mol. The van der Waals surface area contributed by atoms with Gasteiger partial charge in [-0.15, -0.1) is 0 Å². The van der Waals surface area contributed by atoms with Crippen molar-refractivity contribution in [3.8, 4) is 0 Å². The molecule has 0 aromatic rings. The van der Waals surface area contributed by atoms with E-state index in [9.17, 15) is 0 Å². The smallest absolute Gasteiger partial charge is 0 e. The van der Waals surface area contributed by atoms with Crippen LogP contribution >= 0.6 is 0 Å². The number of hydrogen-bond donors (Lipinski definition) is 2. The van der Waals surface area contributed by atoms with Gasteiger partial charge in [-0.25, -0.2) is 0 Å². The molecular formula is C14H20MoNO3. The van der Waals surface area contributed by atoms with E-state index in [1.807, 2.05) is 38.5 Å². The summed E-state index contributed by atoms with van der Waals surface area (Å²) in [7, 11) is 0. The Kier molecular flexibility index (Phi) is 29.2. The quantitative estimate of drug-likeness (QED) is 0.306. The van der Waals surface area contributed by atoms with Crippen LogP contribution in [-0.4, -0.2) is 11.2 Å². The van der Waals surface area contributed by atoms with Crippen molar-refractivity contribution in [1.82, 2.24) is 0 Å². The minimum Gasteiger partial charge on any atom is -0.0312 e. The Labute approximate surface area is 131 Å². The van der Waals surface area contributed by atoms with Crippen LogP contribution in [0.15, 0.2) is 0 Å². The zero-order valence-corrected chi connectivity index (χ0v) is 12.8. The molecule has 7 radical (unpaired) electrons. The fraction of sp³-hybridized carbons (Fsp3) is 0.429. The Bertz CT molecular complexity index is 160. The van der Waals surface area contributed by atoms with Gasteiger partial charge in [0, 0.05) is 21.1 Å². The second-order valence-corrected chi connectivity index (χ2v) is 3.60. The number of nitrogens with one attached hydrogen (secondary N) is 1. The first-order valence-corrected chi connectivity index (χ1v) is 5.82. The molecule has 0 spiro atoms. The van der Waals surface area contributed by atoms with Crippen LogP contribution in [0.1, 0.15) is 32.1 Å². The maximum atomic E-state index is 9.13. The molecule has 2 aliphatic carbocycles. The van der Waals surface area contributed by atoms with Crippen molar-refractivity contribution in [2.45, 2.75) is 38.2 Å². The second kappa shape index (κ2) is 23.1. The van der Waals surface area contributed by atoms with E-state index < -0.39 is 0 Å². The molecule has 4 nitrogen and oxygen atoms in total. The minimum absolute atomic E-state index is 0. The minimum atomic E-state index is -0.162. The molecule has 2 fully saturated rings. The molecule has 1 unspecified atom stereocenters. The maximum absolute atomic E-state index is 9.13. The first kappa shape index (κ1) is 24.0. The van der Waals surface area contributed by atoms with Gasteiger partial charge in [-0.1, -0.05) is 24.9 Å². The maximum Gasteiger partial charge on any atom is 0 e. The van der Waals surface area contributed by atoms with Gasteiger partial charge in [0.15, 0.2) is 0 Å². The zero-order valence-electron chi connectivity index (χ0n) is 10.8. The van der Waals surface area contributed by atoms with E-state index in [4.69, 9.17) is 14.7 Å². The third-order valence-corrected chi connectivity index (χ3v) is 2.28. The van der Waals surface area contributed by atoms with Crippen LogP contribution in [0.2, 0.25) is 0 Å². The van der Waals surface area contributed by atoms with Crippen molar-refractivity contribution >= 4 is 0 Å². The van der Waals surface area contributed by atoms with Gasteiger partial charge in [-0.3, -0.25) is 0 Å². The molecule has 0 heterocycles. The van der Waals surface area contributed by atoms with Crippen molar-refractivity contribution in [2.24, 2.45) is 0 Å². The van der Waals surface area contributed by atoms with Crippen molar-refractivity contribution in [2.75, 3.05) is 0 Å². The average molecular weight is 346 g/mol. The molecule has 19 heavy (non-hydrogen) atoms.